The van der Waals surface area contributed by atoms with E-state index in [0.29, 0.717) is 5.91 Å². The van der Waals surface area contributed by atoms with Crippen LogP contribution in [0.2, 0.25) is 0 Å². The summed E-state index contributed by atoms with van der Waals surface area (Å²) in [5.74, 6) is 0.447. The molecule has 1 atom stereocenters. The van der Waals surface area contributed by atoms with Crippen molar-refractivity contribution in [3.05, 3.63) is 28.2 Å². The van der Waals surface area contributed by atoms with Gasteiger partial charge in [-0.3, -0.25) is 4.79 Å². The van der Waals surface area contributed by atoms with E-state index in [2.05, 4.69) is 39.4 Å². The predicted molar refractivity (Wildman–Crippen MR) is 83.0 cm³/mol. The minimum Gasteiger partial charge on any atom is -0.316 e. The molecule has 1 saturated heterocycles. The molecule has 2 aliphatic heterocycles. The van der Waals surface area contributed by atoms with E-state index in [0.717, 1.165) is 49.1 Å². The quantitative estimate of drug-likeness (QED) is 0.849. The molecular formula is C14H18BrClN2O. The van der Waals surface area contributed by atoms with E-state index in [1.165, 1.54) is 5.56 Å². The molecule has 0 aromatic heterocycles. The minimum atomic E-state index is 0. The number of nitrogens with one attached hydrogen (secondary N) is 1. The van der Waals surface area contributed by atoms with E-state index in [1.807, 2.05) is 4.90 Å². The monoisotopic (exact) mass is 344 g/mol. The van der Waals surface area contributed by atoms with E-state index >= 15 is 0 Å². The topological polar surface area (TPSA) is 32.3 Å². The smallest absolute Gasteiger partial charge is 0.231 e. The fourth-order valence-corrected chi connectivity index (χ4v) is 3.21. The van der Waals surface area contributed by atoms with Crippen LogP contribution in [0.5, 0.6) is 0 Å². The van der Waals surface area contributed by atoms with E-state index < -0.39 is 0 Å². The molecule has 5 heteroatoms. The highest BCUT2D eigenvalue weighted by Gasteiger charge is 2.30. The number of piperidine rings is 1. The lowest BCUT2D eigenvalue weighted by Crippen LogP contribution is -2.42. The van der Waals surface area contributed by atoms with Crippen LogP contribution < -0.4 is 10.2 Å². The molecule has 1 aromatic carbocycles. The minimum absolute atomic E-state index is 0. The molecule has 2 heterocycles. The first kappa shape index (κ1) is 14.8. The van der Waals surface area contributed by atoms with Crippen LogP contribution in [0.15, 0.2) is 22.7 Å². The number of anilines is 1. The number of hydrogen-bond donors (Lipinski definition) is 1. The van der Waals surface area contributed by atoms with Crippen molar-refractivity contribution in [1.82, 2.24) is 5.32 Å². The van der Waals surface area contributed by atoms with E-state index in [4.69, 9.17) is 0 Å². The number of nitrogens with zero attached hydrogens (tertiary/aromatic N) is 1. The Balaban J connectivity index is 0.00000133. The van der Waals surface area contributed by atoms with E-state index in [-0.39, 0.29) is 18.3 Å². The summed E-state index contributed by atoms with van der Waals surface area (Å²) >= 11 is 3.49. The highest BCUT2D eigenvalue weighted by atomic mass is 79.9. The molecule has 0 bridgehead atoms. The van der Waals surface area contributed by atoms with Crippen molar-refractivity contribution >= 4 is 39.9 Å². The van der Waals surface area contributed by atoms with Crippen LogP contribution in [0.1, 0.15) is 18.4 Å². The Kier molecular flexibility index (Phi) is 4.87. The maximum Gasteiger partial charge on any atom is 0.231 e. The number of fused-ring (bicyclic) bond motifs is 1. The van der Waals surface area contributed by atoms with Crippen molar-refractivity contribution in [2.45, 2.75) is 19.3 Å². The van der Waals surface area contributed by atoms with Crippen molar-refractivity contribution in [3.63, 3.8) is 0 Å². The van der Waals surface area contributed by atoms with Gasteiger partial charge in [-0.2, -0.15) is 0 Å². The normalized spacial score (nSPS) is 21.7. The molecule has 0 saturated carbocycles. The van der Waals surface area contributed by atoms with Crippen molar-refractivity contribution in [3.8, 4) is 0 Å². The number of halogens is 2. The molecule has 1 N–H and O–H groups in total. The molecule has 1 fully saturated rings. The van der Waals surface area contributed by atoms with Gasteiger partial charge < -0.3 is 10.2 Å². The van der Waals surface area contributed by atoms with Crippen LogP contribution in [-0.4, -0.2) is 25.5 Å². The van der Waals surface area contributed by atoms with Gasteiger partial charge >= 0.3 is 0 Å². The maximum absolute atomic E-state index is 12.5. The second-order valence-corrected chi connectivity index (χ2v) is 5.97. The van der Waals surface area contributed by atoms with Crippen LogP contribution >= 0.6 is 28.3 Å². The zero-order chi connectivity index (χ0) is 12.5. The SMILES string of the molecule is Cl.O=C(C1CCCNC1)N1CCc2ccc(Br)cc21. The second-order valence-electron chi connectivity index (χ2n) is 5.06. The Morgan fingerprint density at radius 2 is 2.26 bits per heavy atom. The Hall–Kier alpha value is -0.580. The molecule has 0 radical (unpaired) electrons. The van der Waals surface area contributed by atoms with E-state index in [9.17, 15) is 4.79 Å². The van der Waals surface area contributed by atoms with Crippen LogP contribution in [0.4, 0.5) is 5.69 Å². The molecule has 1 unspecified atom stereocenters. The number of carbonyl (C=O) groups is 1. The summed E-state index contributed by atoms with van der Waals surface area (Å²) in [5, 5.41) is 3.32. The second kappa shape index (κ2) is 6.25. The van der Waals surface area contributed by atoms with Crippen LogP contribution in [0.25, 0.3) is 0 Å². The summed E-state index contributed by atoms with van der Waals surface area (Å²) in [4.78, 5) is 14.5. The average molecular weight is 346 g/mol. The molecule has 1 aromatic rings. The Labute approximate surface area is 128 Å². The summed E-state index contributed by atoms with van der Waals surface area (Å²) < 4.78 is 1.04. The number of carbonyl (C=O) groups excluding carboxylic acids is 1. The van der Waals surface area contributed by atoms with Crippen molar-refractivity contribution in [2.75, 3.05) is 24.5 Å². The zero-order valence-corrected chi connectivity index (χ0v) is 13.1. The van der Waals surface area contributed by atoms with Gasteiger partial charge in [-0.25, -0.2) is 0 Å². The van der Waals surface area contributed by atoms with Gasteiger partial charge in [0.15, 0.2) is 0 Å². The van der Waals surface area contributed by atoms with Crippen LogP contribution in [0, 0.1) is 5.92 Å². The van der Waals surface area contributed by atoms with Gasteiger partial charge in [0.05, 0.1) is 5.92 Å². The van der Waals surface area contributed by atoms with Crippen molar-refractivity contribution in [1.29, 1.82) is 0 Å². The largest absolute Gasteiger partial charge is 0.316 e. The van der Waals surface area contributed by atoms with Crippen LogP contribution in [-0.2, 0) is 11.2 Å². The molecule has 3 nitrogen and oxygen atoms in total. The number of rotatable bonds is 1. The fourth-order valence-electron chi connectivity index (χ4n) is 2.86. The summed E-state index contributed by atoms with van der Waals surface area (Å²) in [6, 6.07) is 6.23. The molecule has 2 aliphatic rings. The third kappa shape index (κ3) is 2.96. The van der Waals surface area contributed by atoms with Gasteiger partial charge in [0.1, 0.15) is 0 Å². The highest BCUT2D eigenvalue weighted by molar-refractivity contribution is 9.10. The Morgan fingerprint density at radius 3 is 3.00 bits per heavy atom. The number of hydrogen-bond acceptors (Lipinski definition) is 2. The molecule has 1 amide bonds. The third-order valence-corrected chi connectivity index (χ3v) is 4.35. The Morgan fingerprint density at radius 1 is 1.42 bits per heavy atom. The summed E-state index contributed by atoms with van der Waals surface area (Å²) in [5.41, 5.74) is 2.38. The summed E-state index contributed by atoms with van der Waals surface area (Å²) in [7, 11) is 0. The van der Waals surface area contributed by atoms with E-state index in [1.54, 1.807) is 0 Å². The highest BCUT2D eigenvalue weighted by Crippen LogP contribution is 2.32. The van der Waals surface area contributed by atoms with Crippen LogP contribution in [0.3, 0.4) is 0 Å². The van der Waals surface area contributed by atoms with Gasteiger partial charge in [0.2, 0.25) is 5.91 Å². The number of amides is 1. The molecule has 19 heavy (non-hydrogen) atoms. The molecule has 0 spiro atoms. The van der Waals surface area contributed by atoms with Gasteiger partial charge in [0, 0.05) is 23.2 Å². The Bertz CT molecular complexity index is 475. The lowest BCUT2D eigenvalue weighted by Gasteiger charge is -2.27. The third-order valence-electron chi connectivity index (χ3n) is 3.86. The first-order chi connectivity index (χ1) is 8.75. The molecular weight excluding hydrogens is 328 g/mol. The predicted octanol–water partition coefficient (Wildman–Crippen LogP) is 2.76. The maximum atomic E-state index is 12.5. The van der Waals surface area contributed by atoms with Crippen molar-refractivity contribution < 1.29 is 4.79 Å². The molecule has 0 aliphatic carbocycles. The van der Waals surface area contributed by atoms with Gasteiger partial charge in [-0.05, 0) is 43.5 Å². The average Bonchev–Trinajstić information content (AvgIpc) is 2.82. The van der Waals surface area contributed by atoms with Gasteiger partial charge in [-0.1, -0.05) is 22.0 Å². The summed E-state index contributed by atoms with van der Waals surface area (Å²) in [6.07, 6.45) is 3.11. The first-order valence-electron chi connectivity index (χ1n) is 6.56. The lowest BCUT2D eigenvalue weighted by atomic mass is 9.98. The molecule has 104 valence electrons. The van der Waals surface area contributed by atoms with Crippen molar-refractivity contribution in [2.24, 2.45) is 5.92 Å². The zero-order valence-electron chi connectivity index (χ0n) is 10.7. The summed E-state index contributed by atoms with van der Waals surface area (Å²) in [6.45, 7) is 2.71. The number of benzene rings is 1. The first-order valence-corrected chi connectivity index (χ1v) is 7.35. The fraction of sp³-hybridized carbons (Fsp3) is 0.500. The van der Waals surface area contributed by atoms with Gasteiger partial charge in [0.25, 0.3) is 0 Å². The standard InChI is InChI=1S/C14H17BrN2O.ClH/c15-12-4-3-10-5-7-17(13(10)8-12)14(18)11-2-1-6-16-9-11;/h3-4,8,11,16H,1-2,5-7,9H2;1H. The lowest BCUT2D eigenvalue weighted by molar-refractivity contribution is -0.122. The van der Waals surface area contributed by atoms with Gasteiger partial charge in [-0.15, -0.1) is 12.4 Å². The molecule has 3 rings (SSSR count).